The smallest absolute Gasteiger partial charge is 0.0362 e. The summed E-state index contributed by atoms with van der Waals surface area (Å²) in [6.07, 6.45) is 0. The SMILES string of the molecule is NC1C2CN3CCN(C2)CC1(c1ccccc1)C3. The highest BCUT2D eigenvalue weighted by atomic mass is 15.3. The summed E-state index contributed by atoms with van der Waals surface area (Å²) < 4.78 is 0. The highest BCUT2D eigenvalue weighted by molar-refractivity contribution is 5.32. The fourth-order valence-electron chi connectivity index (χ4n) is 4.36. The molecule has 4 heterocycles. The van der Waals surface area contributed by atoms with Crippen molar-refractivity contribution in [3.63, 3.8) is 0 Å². The van der Waals surface area contributed by atoms with Crippen molar-refractivity contribution < 1.29 is 0 Å². The Balaban J connectivity index is 1.83. The van der Waals surface area contributed by atoms with E-state index in [2.05, 4.69) is 40.1 Å². The van der Waals surface area contributed by atoms with E-state index >= 15 is 0 Å². The van der Waals surface area contributed by atoms with Crippen LogP contribution in [0.15, 0.2) is 30.3 Å². The lowest BCUT2D eigenvalue weighted by Crippen LogP contribution is -2.68. The van der Waals surface area contributed by atoms with Gasteiger partial charge in [-0.1, -0.05) is 30.3 Å². The summed E-state index contributed by atoms with van der Waals surface area (Å²) in [5.41, 5.74) is 8.26. The molecule has 3 nitrogen and oxygen atoms in total. The van der Waals surface area contributed by atoms with Crippen molar-refractivity contribution >= 4 is 0 Å². The van der Waals surface area contributed by atoms with Crippen LogP contribution in [0.2, 0.25) is 0 Å². The van der Waals surface area contributed by atoms with Crippen molar-refractivity contribution in [3.05, 3.63) is 35.9 Å². The number of fused-ring (bicyclic) bond motifs is 1. The van der Waals surface area contributed by atoms with Gasteiger partial charge in [-0.2, -0.15) is 0 Å². The summed E-state index contributed by atoms with van der Waals surface area (Å²) in [5, 5.41) is 0. The summed E-state index contributed by atoms with van der Waals surface area (Å²) >= 11 is 0. The standard InChI is InChI=1S/C15H21N3/c16-14-12-8-17-6-7-18(9-12)11-15(14,10-17)13-4-2-1-3-5-13/h1-5,12,14H,6-11,16H2. The minimum absolute atomic E-state index is 0.166. The zero-order valence-electron chi connectivity index (χ0n) is 10.8. The summed E-state index contributed by atoms with van der Waals surface area (Å²) in [7, 11) is 0. The first-order valence-corrected chi connectivity index (χ1v) is 7.04. The normalized spacial score (nSPS) is 46.1. The average molecular weight is 243 g/mol. The number of nitrogens with two attached hydrogens (primary N) is 1. The molecule has 0 radical (unpaired) electrons. The molecule has 3 unspecified atom stereocenters. The van der Waals surface area contributed by atoms with E-state index in [0.717, 1.165) is 13.1 Å². The van der Waals surface area contributed by atoms with Gasteiger partial charge in [0, 0.05) is 56.6 Å². The van der Waals surface area contributed by atoms with Crippen molar-refractivity contribution in [1.29, 1.82) is 0 Å². The van der Waals surface area contributed by atoms with Crippen LogP contribution in [0.4, 0.5) is 0 Å². The van der Waals surface area contributed by atoms with Crippen LogP contribution in [0.25, 0.3) is 0 Å². The molecule has 3 atom stereocenters. The van der Waals surface area contributed by atoms with Crippen molar-refractivity contribution in [2.45, 2.75) is 11.5 Å². The Morgan fingerprint density at radius 1 is 1.00 bits per heavy atom. The molecular formula is C15H21N3. The van der Waals surface area contributed by atoms with Crippen LogP contribution >= 0.6 is 0 Å². The molecule has 96 valence electrons. The summed E-state index contributed by atoms with van der Waals surface area (Å²) in [5.74, 6) is 0.648. The molecule has 3 heteroatoms. The molecule has 4 aliphatic heterocycles. The Kier molecular flexibility index (Phi) is 2.31. The summed E-state index contributed by atoms with van der Waals surface area (Å²) in [4.78, 5) is 5.27. The van der Waals surface area contributed by atoms with E-state index in [1.54, 1.807) is 0 Å². The topological polar surface area (TPSA) is 32.5 Å². The molecule has 4 aliphatic rings. The molecule has 5 rings (SSSR count). The number of nitrogens with zero attached hydrogens (tertiary/aromatic N) is 2. The molecule has 1 aromatic rings. The van der Waals surface area contributed by atoms with Crippen molar-refractivity contribution in [2.75, 3.05) is 39.3 Å². The average Bonchev–Trinajstić information content (AvgIpc) is 2.65. The maximum absolute atomic E-state index is 6.65. The first-order chi connectivity index (χ1) is 8.78. The lowest BCUT2D eigenvalue weighted by molar-refractivity contribution is 0.0353. The van der Waals surface area contributed by atoms with Gasteiger partial charge in [-0.05, 0) is 5.56 Å². The van der Waals surface area contributed by atoms with Crippen molar-refractivity contribution in [1.82, 2.24) is 9.80 Å². The van der Waals surface area contributed by atoms with E-state index in [0.29, 0.717) is 12.0 Å². The molecule has 4 bridgehead atoms. The first-order valence-electron chi connectivity index (χ1n) is 7.04. The van der Waals surface area contributed by atoms with Crippen LogP contribution < -0.4 is 5.73 Å². The molecule has 0 saturated carbocycles. The molecule has 0 aliphatic carbocycles. The van der Waals surface area contributed by atoms with Gasteiger partial charge in [-0.3, -0.25) is 0 Å². The third-order valence-corrected chi connectivity index (χ3v) is 5.22. The van der Waals surface area contributed by atoms with Gasteiger partial charge in [0.25, 0.3) is 0 Å². The zero-order valence-corrected chi connectivity index (χ0v) is 10.8. The van der Waals surface area contributed by atoms with Crippen molar-refractivity contribution in [3.8, 4) is 0 Å². The van der Waals surface area contributed by atoms with Gasteiger partial charge < -0.3 is 15.5 Å². The predicted octanol–water partition coefficient (Wildman–Crippen LogP) is 0.513. The van der Waals surface area contributed by atoms with E-state index in [9.17, 15) is 0 Å². The third kappa shape index (κ3) is 1.41. The van der Waals surface area contributed by atoms with Gasteiger partial charge in [0.2, 0.25) is 0 Å². The summed E-state index contributed by atoms with van der Waals surface area (Å²) in [6.45, 7) is 7.13. The lowest BCUT2D eigenvalue weighted by atomic mass is 9.65. The van der Waals surface area contributed by atoms with Crippen LogP contribution in [-0.2, 0) is 5.41 Å². The van der Waals surface area contributed by atoms with Gasteiger partial charge in [0.15, 0.2) is 0 Å². The van der Waals surface area contributed by atoms with Gasteiger partial charge in [0.1, 0.15) is 0 Å². The van der Waals surface area contributed by atoms with Crippen LogP contribution in [0.5, 0.6) is 0 Å². The molecule has 4 fully saturated rings. The highest BCUT2D eigenvalue weighted by Crippen LogP contribution is 2.41. The minimum atomic E-state index is 0.166. The largest absolute Gasteiger partial charge is 0.326 e. The first kappa shape index (κ1) is 11.0. The lowest BCUT2D eigenvalue weighted by Gasteiger charge is -2.54. The Labute approximate surface area is 109 Å². The maximum Gasteiger partial charge on any atom is 0.0362 e. The fraction of sp³-hybridized carbons (Fsp3) is 0.600. The second kappa shape index (κ2) is 3.80. The molecule has 0 amide bonds. The van der Waals surface area contributed by atoms with E-state index in [4.69, 9.17) is 5.73 Å². The second-order valence-corrected chi connectivity index (χ2v) is 6.28. The molecule has 18 heavy (non-hydrogen) atoms. The monoisotopic (exact) mass is 243 g/mol. The fourth-order valence-corrected chi connectivity index (χ4v) is 4.36. The van der Waals surface area contributed by atoms with Gasteiger partial charge in [-0.25, -0.2) is 0 Å². The maximum atomic E-state index is 6.65. The quantitative estimate of drug-likeness (QED) is 0.780. The van der Waals surface area contributed by atoms with Gasteiger partial charge in [0.05, 0.1) is 0 Å². The number of benzene rings is 1. The minimum Gasteiger partial charge on any atom is -0.326 e. The summed E-state index contributed by atoms with van der Waals surface area (Å²) in [6, 6.07) is 11.3. The Hall–Kier alpha value is -0.900. The molecule has 0 spiro atoms. The van der Waals surface area contributed by atoms with Crippen LogP contribution in [0, 0.1) is 5.92 Å². The zero-order chi connectivity index (χ0) is 12.2. The highest BCUT2D eigenvalue weighted by Gasteiger charge is 2.53. The Morgan fingerprint density at radius 2 is 1.61 bits per heavy atom. The molecular weight excluding hydrogens is 222 g/mol. The Morgan fingerprint density at radius 3 is 2.22 bits per heavy atom. The molecule has 4 saturated heterocycles. The van der Waals surface area contributed by atoms with Crippen LogP contribution in [0.3, 0.4) is 0 Å². The Bertz CT molecular complexity index is 428. The molecule has 2 N–H and O–H groups in total. The molecule has 0 aromatic heterocycles. The number of hydrogen-bond acceptors (Lipinski definition) is 3. The van der Waals surface area contributed by atoms with E-state index in [-0.39, 0.29) is 5.41 Å². The van der Waals surface area contributed by atoms with Crippen LogP contribution in [-0.4, -0.2) is 55.1 Å². The van der Waals surface area contributed by atoms with E-state index in [1.807, 2.05) is 0 Å². The predicted molar refractivity (Wildman–Crippen MR) is 72.5 cm³/mol. The van der Waals surface area contributed by atoms with E-state index in [1.165, 1.54) is 31.7 Å². The number of rotatable bonds is 1. The van der Waals surface area contributed by atoms with Gasteiger partial charge >= 0.3 is 0 Å². The van der Waals surface area contributed by atoms with E-state index < -0.39 is 0 Å². The number of piperidine rings is 2. The second-order valence-electron chi connectivity index (χ2n) is 6.28. The number of hydrogen-bond donors (Lipinski definition) is 1. The molecule has 1 aromatic carbocycles. The van der Waals surface area contributed by atoms with Crippen LogP contribution in [0.1, 0.15) is 5.56 Å². The van der Waals surface area contributed by atoms with Crippen molar-refractivity contribution in [2.24, 2.45) is 11.7 Å². The van der Waals surface area contributed by atoms with Gasteiger partial charge in [-0.15, -0.1) is 0 Å². The third-order valence-electron chi connectivity index (χ3n) is 5.22.